The van der Waals surface area contributed by atoms with Gasteiger partial charge in [-0.2, -0.15) is 4.98 Å². The number of rotatable bonds is 6. The normalized spacial score (nSPS) is 19.4. The van der Waals surface area contributed by atoms with Crippen molar-refractivity contribution >= 4 is 23.4 Å². The van der Waals surface area contributed by atoms with Gasteiger partial charge in [0.15, 0.2) is 17.5 Å². The van der Waals surface area contributed by atoms with Crippen LogP contribution in [0.1, 0.15) is 31.5 Å². The Morgan fingerprint density at radius 3 is 2.53 bits per heavy atom. The number of benzene rings is 1. The van der Waals surface area contributed by atoms with Gasteiger partial charge in [0.1, 0.15) is 11.8 Å². The van der Waals surface area contributed by atoms with Crippen molar-refractivity contribution < 1.29 is 27.6 Å². The quantitative estimate of drug-likeness (QED) is 0.723. The number of halogens is 2. The molecule has 1 N–H and O–H groups in total. The van der Waals surface area contributed by atoms with E-state index in [1.807, 2.05) is 0 Å². The fraction of sp³-hybridized carbons (Fsp3) is 0.524. The minimum Gasteiger partial charge on any atom is -0.442 e. The van der Waals surface area contributed by atoms with E-state index in [1.54, 1.807) is 11.8 Å². The summed E-state index contributed by atoms with van der Waals surface area (Å²) in [5, 5.41) is 6.48. The minimum atomic E-state index is -0.731. The molecular weight excluding hydrogens is 424 g/mol. The van der Waals surface area contributed by atoms with E-state index in [1.165, 1.54) is 11.8 Å². The number of nitrogens with zero attached hydrogens (tertiary/aromatic N) is 4. The highest BCUT2D eigenvalue weighted by molar-refractivity contribution is 5.90. The molecule has 1 aromatic heterocycles. The third kappa shape index (κ3) is 4.81. The van der Waals surface area contributed by atoms with E-state index in [4.69, 9.17) is 9.26 Å². The zero-order chi connectivity index (χ0) is 22.8. The van der Waals surface area contributed by atoms with E-state index in [2.05, 4.69) is 15.5 Å². The zero-order valence-electron chi connectivity index (χ0n) is 17.9. The van der Waals surface area contributed by atoms with Crippen molar-refractivity contribution in [1.29, 1.82) is 0 Å². The smallest absolute Gasteiger partial charge is 0.414 e. The predicted octanol–water partition coefficient (Wildman–Crippen LogP) is 2.58. The maximum atomic E-state index is 14.9. The number of nitrogens with one attached hydrogen (secondary N) is 1. The summed E-state index contributed by atoms with van der Waals surface area (Å²) in [5.41, 5.74) is -0.00796. The molecule has 1 aromatic carbocycles. The molecule has 0 spiro atoms. The van der Waals surface area contributed by atoms with Crippen molar-refractivity contribution in [1.82, 2.24) is 15.5 Å². The van der Waals surface area contributed by atoms with Crippen molar-refractivity contribution in [2.75, 3.05) is 36.0 Å². The number of aromatic nitrogens is 2. The number of hydrogen-bond donors (Lipinski definition) is 1. The molecule has 172 valence electrons. The molecule has 11 heteroatoms. The number of carbonyl (C=O) groups excluding carboxylic acids is 2. The first-order valence-electron chi connectivity index (χ1n) is 10.6. The third-order valence-corrected chi connectivity index (χ3v) is 5.74. The molecule has 1 atom stereocenters. The van der Waals surface area contributed by atoms with Crippen LogP contribution in [0.25, 0.3) is 0 Å². The molecule has 9 nitrogen and oxygen atoms in total. The van der Waals surface area contributed by atoms with Gasteiger partial charge in [0.2, 0.25) is 11.8 Å². The van der Waals surface area contributed by atoms with Gasteiger partial charge in [-0.3, -0.25) is 9.69 Å². The second-order valence-electron chi connectivity index (χ2n) is 8.18. The molecule has 2 aromatic rings. The SMILES string of the molecule is CC(=O)NCC1CN(c2cc(F)c(N3CCC(Cc4noc(C)n4)CC3)c(F)c2)C(=O)O1. The molecule has 2 fully saturated rings. The van der Waals surface area contributed by atoms with Crippen LogP contribution in [0.3, 0.4) is 0 Å². The standard InChI is InChI=1S/C21H25F2N5O4/c1-12(29)24-10-16-11-28(21(30)31-16)15-8-17(22)20(18(23)9-15)27-5-3-14(4-6-27)7-19-25-13(2)32-26-19/h8-9,14,16H,3-7,10-11H2,1-2H3,(H,24,29). The number of amides is 2. The topological polar surface area (TPSA) is 101 Å². The Morgan fingerprint density at radius 2 is 1.94 bits per heavy atom. The van der Waals surface area contributed by atoms with Crippen LogP contribution in [0.2, 0.25) is 0 Å². The van der Waals surface area contributed by atoms with Crippen molar-refractivity contribution in [2.45, 2.75) is 39.2 Å². The largest absolute Gasteiger partial charge is 0.442 e. The Balaban J connectivity index is 1.40. The van der Waals surface area contributed by atoms with E-state index in [9.17, 15) is 18.4 Å². The molecule has 2 aliphatic rings. The highest BCUT2D eigenvalue weighted by Gasteiger charge is 2.34. The molecule has 4 rings (SSSR count). The van der Waals surface area contributed by atoms with Crippen LogP contribution in [-0.4, -0.2) is 54.4 Å². The molecule has 0 saturated carbocycles. The van der Waals surface area contributed by atoms with Crippen LogP contribution in [-0.2, 0) is 16.0 Å². The van der Waals surface area contributed by atoms with Gasteiger partial charge in [0.25, 0.3) is 0 Å². The monoisotopic (exact) mass is 449 g/mol. The lowest BCUT2D eigenvalue weighted by molar-refractivity contribution is -0.119. The van der Waals surface area contributed by atoms with E-state index in [0.29, 0.717) is 37.1 Å². The van der Waals surface area contributed by atoms with Crippen LogP contribution in [0.5, 0.6) is 0 Å². The summed E-state index contributed by atoms with van der Waals surface area (Å²) >= 11 is 0. The molecule has 32 heavy (non-hydrogen) atoms. The Labute approximate surface area is 183 Å². The first kappa shape index (κ1) is 22.0. The maximum absolute atomic E-state index is 14.9. The average molecular weight is 449 g/mol. The third-order valence-electron chi connectivity index (χ3n) is 5.74. The molecule has 2 saturated heterocycles. The second kappa shape index (κ2) is 9.09. The lowest BCUT2D eigenvalue weighted by Gasteiger charge is -2.33. The maximum Gasteiger partial charge on any atom is 0.414 e. The van der Waals surface area contributed by atoms with E-state index in [-0.39, 0.29) is 30.4 Å². The molecule has 3 heterocycles. The fourth-order valence-electron chi connectivity index (χ4n) is 4.15. The fourth-order valence-corrected chi connectivity index (χ4v) is 4.15. The molecule has 2 amide bonds. The van der Waals surface area contributed by atoms with E-state index in [0.717, 1.165) is 25.0 Å². The molecular formula is C21H25F2N5O4. The van der Waals surface area contributed by atoms with Crippen LogP contribution < -0.4 is 15.1 Å². The van der Waals surface area contributed by atoms with Crippen molar-refractivity contribution in [3.05, 3.63) is 35.5 Å². The van der Waals surface area contributed by atoms with Gasteiger partial charge in [-0.05, 0) is 18.8 Å². The first-order valence-corrected chi connectivity index (χ1v) is 10.6. The number of carbonyl (C=O) groups is 2. The lowest BCUT2D eigenvalue weighted by atomic mass is 9.93. The molecule has 2 aliphatic heterocycles. The van der Waals surface area contributed by atoms with Gasteiger partial charge >= 0.3 is 6.09 Å². The molecule has 0 aliphatic carbocycles. The van der Waals surface area contributed by atoms with Crippen molar-refractivity contribution in [3.8, 4) is 0 Å². The minimum absolute atomic E-state index is 0.0847. The van der Waals surface area contributed by atoms with E-state index >= 15 is 0 Å². The summed E-state index contributed by atoms with van der Waals surface area (Å²) in [6, 6.07) is 2.29. The number of ether oxygens (including phenoxy) is 1. The van der Waals surface area contributed by atoms with Crippen LogP contribution in [0, 0.1) is 24.5 Å². The Kier molecular flexibility index (Phi) is 6.24. The molecule has 0 radical (unpaired) electrons. The molecule has 1 unspecified atom stereocenters. The predicted molar refractivity (Wildman–Crippen MR) is 110 cm³/mol. The van der Waals surface area contributed by atoms with Crippen molar-refractivity contribution in [3.63, 3.8) is 0 Å². The number of cyclic esters (lactones) is 1. The van der Waals surface area contributed by atoms with Crippen LogP contribution >= 0.6 is 0 Å². The summed E-state index contributed by atoms with van der Waals surface area (Å²) in [6.07, 6.45) is 0.879. The number of aryl methyl sites for hydroxylation is 1. The highest BCUT2D eigenvalue weighted by atomic mass is 19.1. The summed E-state index contributed by atoms with van der Waals surface area (Å²) in [6.45, 7) is 4.32. The lowest BCUT2D eigenvalue weighted by Crippen LogP contribution is -2.36. The Bertz CT molecular complexity index is 983. The highest BCUT2D eigenvalue weighted by Crippen LogP contribution is 2.33. The Morgan fingerprint density at radius 1 is 1.25 bits per heavy atom. The van der Waals surface area contributed by atoms with Crippen LogP contribution in [0.4, 0.5) is 25.0 Å². The second-order valence-corrected chi connectivity index (χ2v) is 8.18. The van der Waals surface area contributed by atoms with Gasteiger partial charge in [0, 0.05) is 45.5 Å². The zero-order valence-corrected chi connectivity index (χ0v) is 17.9. The first-order chi connectivity index (χ1) is 15.3. The summed E-state index contributed by atoms with van der Waals surface area (Å²) in [7, 11) is 0. The van der Waals surface area contributed by atoms with Crippen molar-refractivity contribution in [2.24, 2.45) is 5.92 Å². The van der Waals surface area contributed by atoms with Gasteiger partial charge in [-0.1, -0.05) is 5.16 Å². The number of hydrogen-bond acceptors (Lipinski definition) is 7. The van der Waals surface area contributed by atoms with E-state index < -0.39 is 23.8 Å². The number of anilines is 2. The summed E-state index contributed by atoms with van der Waals surface area (Å²) in [5.74, 6) is -0.233. The summed E-state index contributed by atoms with van der Waals surface area (Å²) < 4.78 is 40.0. The summed E-state index contributed by atoms with van der Waals surface area (Å²) in [4.78, 5) is 30.3. The van der Waals surface area contributed by atoms with Gasteiger partial charge in [0.05, 0.1) is 18.8 Å². The Hall–Kier alpha value is -3.24. The molecule has 0 bridgehead atoms. The van der Waals surface area contributed by atoms with Crippen LogP contribution in [0.15, 0.2) is 16.7 Å². The number of piperidine rings is 1. The van der Waals surface area contributed by atoms with Gasteiger partial charge in [-0.15, -0.1) is 0 Å². The average Bonchev–Trinajstić information content (AvgIpc) is 3.32. The van der Waals surface area contributed by atoms with Gasteiger partial charge in [-0.25, -0.2) is 13.6 Å². The van der Waals surface area contributed by atoms with Gasteiger partial charge < -0.3 is 19.5 Å².